The van der Waals surface area contributed by atoms with Gasteiger partial charge in [-0.05, 0) is 94.1 Å². The van der Waals surface area contributed by atoms with Crippen molar-refractivity contribution in [3.05, 3.63) is 70.0 Å². The van der Waals surface area contributed by atoms with Crippen LogP contribution in [0.5, 0.6) is 0 Å². The van der Waals surface area contributed by atoms with Crippen molar-refractivity contribution in [1.29, 1.82) is 0 Å². The Morgan fingerprint density at radius 1 is 1.19 bits per heavy atom. The fourth-order valence-electron chi connectivity index (χ4n) is 6.15. The van der Waals surface area contributed by atoms with Crippen LogP contribution in [-0.2, 0) is 0 Å². The van der Waals surface area contributed by atoms with Gasteiger partial charge in [0, 0.05) is 24.6 Å². The molecule has 0 fully saturated rings. The third-order valence-electron chi connectivity index (χ3n) is 7.49. The zero-order chi connectivity index (χ0) is 21.4. The number of hydrogen-bond acceptors (Lipinski definition) is 3. The van der Waals surface area contributed by atoms with Crippen molar-refractivity contribution in [2.24, 2.45) is 22.2 Å². The summed E-state index contributed by atoms with van der Waals surface area (Å²) in [5, 5.41) is 6.99. The van der Waals surface area contributed by atoms with Gasteiger partial charge in [0.2, 0.25) is 0 Å². The Labute approximate surface area is 194 Å². The molecule has 1 aromatic carbocycles. The van der Waals surface area contributed by atoms with E-state index < -0.39 is 0 Å². The molecule has 3 nitrogen and oxygen atoms in total. The molecule has 31 heavy (non-hydrogen) atoms. The first-order valence-electron chi connectivity index (χ1n) is 11.6. The van der Waals surface area contributed by atoms with E-state index in [1.54, 1.807) is 16.7 Å². The van der Waals surface area contributed by atoms with E-state index in [4.69, 9.17) is 0 Å². The lowest BCUT2D eigenvalue weighted by molar-refractivity contribution is 0.281. The molecule has 3 atom stereocenters. The lowest BCUT2D eigenvalue weighted by Crippen LogP contribution is -2.29. The summed E-state index contributed by atoms with van der Waals surface area (Å²) in [6, 6.07) is 9.24. The number of hydrogen-bond donors (Lipinski definition) is 2. The number of aliphatic imine (C=N–C) groups is 1. The molecule has 2 N–H and O–H groups in total. The molecule has 1 aromatic rings. The predicted octanol–water partition coefficient (Wildman–Crippen LogP) is 6.82. The van der Waals surface area contributed by atoms with Crippen LogP contribution in [0.15, 0.2) is 69.4 Å². The van der Waals surface area contributed by atoms with Gasteiger partial charge in [-0.1, -0.05) is 49.8 Å². The van der Waals surface area contributed by atoms with Crippen LogP contribution < -0.4 is 10.6 Å². The van der Waals surface area contributed by atoms with Crippen LogP contribution in [0.4, 0.5) is 5.69 Å². The van der Waals surface area contributed by atoms with Gasteiger partial charge in [0.15, 0.2) is 0 Å². The molecule has 3 unspecified atom stereocenters. The fourth-order valence-corrected chi connectivity index (χ4v) is 6.43. The summed E-state index contributed by atoms with van der Waals surface area (Å²) in [5.41, 5.74) is 7.69. The topological polar surface area (TPSA) is 36.4 Å². The smallest absolute Gasteiger partial charge is 0.121 e. The van der Waals surface area contributed by atoms with E-state index in [-0.39, 0.29) is 11.5 Å². The highest BCUT2D eigenvalue weighted by atomic mass is 79.9. The average molecular weight is 478 g/mol. The summed E-state index contributed by atoms with van der Waals surface area (Å²) < 4.78 is 0.833. The number of nitrogens with zero attached hydrogens (tertiary/aromatic N) is 1. The molecular weight excluding hydrogens is 446 g/mol. The summed E-state index contributed by atoms with van der Waals surface area (Å²) >= 11 is 3.47. The molecule has 0 spiro atoms. The Kier molecular flexibility index (Phi) is 5.68. The molecule has 0 saturated heterocycles. The van der Waals surface area contributed by atoms with Crippen molar-refractivity contribution in [3.8, 4) is 0 Å². The van der Waals surface area contributed by atoms with Gasteiger partial charge in [0.05, 0.1) is 6.04 Å². The van der Waals surface area contributed by atoms with Gasteiger partial charge in [0.25, 0.3) is 0 Å². The quantitative estimate of drug-likeness (QED) is 0.468. The minimum absolute atomic E-state index is 0.208. The maximum absolute atomic E-state index is 4.48. The number of allylic oxidation sites excluding steroid dienone is 6. The van der Waals surface area contributed by atoms with E-state index in [9.17, 15) is 0 Å². The second-order valence-corrected chi connectivity index (χ2v) is 10.5. The van der Waals surface area contributed by atoms with Crippen LogP contribution in [0.1, 0.15) is 51.5 Å². The zero-order valence-corrected chi connectivity index (χ0v) is 20.1. The summed E-state index contributed by atoms with van der Waals surface area (Å²) in [7, 11) is 0. The number of halogens is 1. The number of benzene rings is 1. The second-order valence-electron chi connectivity index (χ2n) is 9.74. The van der Waals surface area contributed by atoms with E-state index >= 15 is 0 Å². The first-order chi connectivity index (χ1) is 15.0. The van der Waals surface area contributed by atoms with Crippen LogP contribution in [-0.4, -0.2) is 18.8 Å². The molecule has 4 heteroatoms. The molecule has 0 amide bonds. The van der Waals surface area contributed by atoms with Crippen LogP contribution in [0.2, 0.25) is 0 Å². The Morgan fingerprint density at radius 2 is 2.10 bits per heavy atom. The molecule has 0 bridgehead atoms. The molecular formula is C27H32BrN3. The van der Waals surface area contributed by atoms with Gasteiger partial charge in [0.1, 0.15) is 4.61 Å². The average Bonchev–Trinajstić information content (AvgIpc) is 3.01. The fraction of sp³-hybridized carbons (Fsp3) is 0.444. The number of anilines is 1. The Hall–Kier alpha value is -2.07. The maximum atomic E-state index is 4.48. The molecule has 3 aliphatic carbocycles. The Bertz CT molecular complexity index is 1010. The highest BCUT2D eigenvalue weighted by molar-refractivity contribution is 9.11. The number of rotatable bonds is 3. The van der Waals surface area contributed by atoms with Crippen molar-refractivity contribution in [2.75, 3.05) is 11.9 Å². The van der Waals surface area contributed by atoms with E-state index in [0.29, 0.717) is 11.8 Å². The maximum Gasteiger partial charge on any atom is 0.121 e. The summed E-state index contributed by atoms with van der Waals surface area (Å²) in [4.78, 5) is 4.48. The molecule has 1 heterocycles. The molecule has 4 aliphatic rings. The summed E-state index contributed by atoms with van der Waals surface area (Å²) in [6.45, 7) is 5.89. The van der Waals surface area contributed by atoms with Crippen LogP contribution in [0, 0.1) is 17.3 Å². The first kappa shape index (κ1) is 20.8. The van der Waals surface area contributed by atoms with Gasteiger partial charge in [-0.3, -0.25) is 4.99 Å². The largest absolute Gasteiger partial charge is 0.389 e. The SMILES string of the molecule is CC1(C)C2=C(C=CCC2)C2CCC=C(c3cccc(NC4C=NC(Br)=CNCC4)c3)C21. The molecule has 0 aromatic heterocycles. The highest BCUT2D eigenvalue weighted by Crippen LogP contribution is 2.60. The second kappa shape index (κ2) is 8.46. The van der Waals surface area contributed by atoms with Gasteiger partial charge < -0.3 is 10.6 Å². The normalized spacial score (nSPS) is 29.2. The summed E-state index contributed by atoms with van der Waals surface area (Å²) in [5.74, 6) is 1.25. The van der Waals surface area contributed by atoms with Crippen molar-refractivity contribution in [1.82, 2.24) is 5.32 Å². The molecule has 162 valence electrons. The lowest BCUT2D eigenvalue weighted by atomic mass is 9.65. The molecule has 1 aliphatic heterocycles. The minimum atomic E-state index is 0.208. The van der Waals surface area contributed by atoms with Gasteiger partial charge in [-0.25, -0.2) is 0 Å². The Morgan fingerprint density at radius 3 is 3.00 bits per heavy atom. The highest BCUT2D eigenvalue weighted by Gasteiger charge is 2.49. The van der Waals surface area contributed by atoms with E-state index in [1.165, 1.54) is 36.9 Å². The van der Waals surface area contributed by atoms with Gasteiger partial charge in [-0.15, -0.1) is 0 Å². The van der Waals surface area contributed by atoms with Gasteiger partial charge >= 0.3 is 0 Å². The van der Waals surface area contributed by atoms with Crippen molar-refractivity contribution < 1.29 is 0 Å². The van der Waals surface area contributed by atoms with Crippen molar-refractivity contribution >= 4 is 33.4 Å². The summed E-state index contributed by atoms with van der Waals surface area (Å²) in [6.07, 6.45) is 17.2. The van der Waals surface area contributed by atoms with E-state index in [2.05, 4.69) is 87.9 Å². The van der Waals surface area contributed by atoms with Crippen LogP contribution in [0.3, 0.4) is 0 Å². The van der Waals surface area contributed by atoms with E-state index in [1.807, 2.05) is 12.4 Å². The van der Waals surface area contributed by atoms with Crippen molar-refractivity contribution in [2.45, 2.75) is 52.0 Å². The van der Waals surface area contributed by atoms with Gasteiger partial charge in [-0.2, -0.15) is 0 Å². The minimum Gasteiger partial charge on any atom is -0.389 e. The molecule has 5 rings (SSSR count). The predicted molar refractivity (Wildman–Crippen MR) is 135 cm³/mol. The van der Waals surface area contributed by atoms with E-state index in [0.717, 1.165) is 17.6 Å². The standard InChI is InChI=1S/C27H32BrN3/c1-27(2)24-12-4-3-9-22(24)23-11-6-10-21(26(23)27)18-7-5-8-19(15-18)31-20-13-14-29-17-25(28)30-16-20/h3,5,7-10,15-17,20,23,26,29,31H,4,6,11-14H2,1-2H3. The molecule has 0 radical (unpaired) electrons. The number of nitrogens with one attached hydrogen (secondary N) is 2. The van der Waals surface area contributed by atoms with Crippen LogP contribution in [0.25, 0.3) is 5.57 Å². The Balaban J connectivity index is 1.42. The lowest BCUT2D eigenvalue weighted by Gasteiger charge is -2.38. The number of fused-ring (bicyclic) bond motifs is 2. The van der Waals surface area contributed by atoms with Crippen LogP contribution >= 0.6 is 15.9 Å². The molecule has 0 saturated carbocycles. The first-order valence-corrected chi connectivity index (χ1v) is 12.4. The third kappa shape index (κ3) is 3.95. The van der Waals surface area contributed by atoms with Crippen molar-refractivity contribution in [3.63, 3.8) is 0 Å². The third-order valence-corrected chi connectivity index (χ3v) is 7.92. The zero-order valence-electron chi connectivity index (χ0n) is 18.5. The monoisotopic (exact) mass is 477 g/mol.